The van der Waals surface area contributed by atoms with Crippen molar-refractivity contribution in [3.05, 3.63) is 29.3 Å². The van der Waals surface area contributed by atoms with Gasteiger partial charge in [-0.1, -0.05) is 17.3 Å². The number of benzene rings is 1. The lowest BCUT2D eigenvalue weighted by molar-refractivity contribution is 0.316. The van der Waals surface area contributed by atoms with Crippen molar-refractivity contribution in [1.29, 1.82) is 0 Å². The monoisotopic (exact) mass is 205 g/mol. The van der Waals surface area contributed by atoms with E-state index in [2.05, 4.69) is 5.16 Å². The van der Waals surface area contributed by atoms with Crippen molar-refractivity contribution in [1.82, 2.24) is 0 Å². The first-order valence-electron chi connectivity index (χ1n) is 5.32. The second-order valence-corrected chi connectivity index (χ2v) is 3.62. The molecule has 0 aromatic heterocycles. The summed E-state index contributed by atoms with van der Waals surface area (Å²) in [7, 11) is 0. The fourth-order valence-corrected chi connectivity index (χ4v) is 2.06. The molecule has 3 heteroatoms. The minimum atomic E-state index is 0.669. The van der Waals surface area contributed by atoms with Crippen molar-refractivity contribution in [2.75, 3.05) is 6.61 Å². The summed E-state index contributed by atoms with van der Waals surface area (Å²) in [5.74, 6) is 0.927. The molecular weight excluding hydrogens is 190 g/mol. The van der Waals surface area contributed by atoms with E-state index in [9.17, 15) is 0 Å². The number of fused-ring (bicyclic) bond motifs is 1. The predicted octanol–water partition coefficient (Wildman–Crippen LogP) is 2.60. The summed E-state index contributed by atoms with van der Waals surface area (Å²) in [5.41, 5.74) is 2.99. The number of nitrogens with zero attached hydrogens (tertiary/aromatic N) is 1. The van der Waals surface area contributed by atoms with Gasteiger partial charge >= 0.3 is 0 Å². The fourth-order valence-electron chi connectivity index (χ4n) is 2.06. The van der Waals surface area contributed by atoms with Gasteiger partial charge in [0.2, 0.25) is 0 Å². The fraction of sp³-hybridized carbons (Fsp3) is 0.417. The summed E-state index contributed by atoms with van der Waals surface area (Å²) in [6.45, 7) is 2.64. The summed E-state index contributed by atoms with van der Waals surface area (Å²) in [6, 6.07) is 5.91. The van der Waals surface area contributed by atoms with E-state index in [1.807, 2.05) is 25.1 Å². The molecule has 0 aliphatic heterocycles. The molecule has 0 unspecified atom stereocenters. The van der Waals surface area contributed by atoms with Crippen LogP contribution in [0.1, 0.15) is 30.9 Å². The first kappa shape index (κ1) is 10.0. The Balaban J connectivity index is 2.46. The van der Waals surface area contributed by atoms with Crippen LogP contribution in [0.5, 0.6) is 5.75 Å². The van der Waals surface area contributed by atoms with E-state index in [0.29, 0.717) is 6.61 Å². The maximum atomic E-state index is 8.91. The molecule has 1 N–H and O–H groups in total. The Bertz CT molecular complexity index is 385. The summed E-state index contributed by atoms with van der Waals surface area (Å²) in [6.07, 6.45) is 2.88. The number of hydrogen-bond acceptors (Lipinski definition) is 3. The smallest absolute Gasteiger partial charge is 0.123 e. The minimum absolute atomic E-state index is 0.669. The van der Waals surface area contributed by atoms with Crippen LogP contribution in [0, 0.1) is 0 Å². The van der Waals surface area contributed by atoms with Crippen LogP contribution in [-0.2, 0) is 6.42 Å². The zero-order valence-electron chi connectivity index (χ0n) is 8.86. The van der Waals surface area contributed by atoms with E-state index in [0.717, 1.165) is 36.3 Å². The third-order valence-electron chi connectivity index (χ3n) is 2.70. The molecule has 0 spiro atoms. The molecule has 0 saturated heterocycles. The van der Waals surface area contributed by atoms with Gasteiger partial charge in [0.15, 0.2) is 0 Å². The van der Waals surface area contributed by atoms with E-state index in [1.165, 1.54) is 5.56 Å². The van der Waals surface area contributed by atoms with Crippen molar-refractivity contribution in [2.45, 2.75) is 26.2 Å². The molecule has 0 heterocycles. The zero-order valence-corrected chi connectivity index (χ0v) is 8.86. The highest BCUT2D eigenvalue weighted by atomic mass is 16.5. The average Bonchev–Trinajstić information content (AvgIpc) is 2.29. The number of ether oxygens (including phenoxy) is 1. The van der Waals surface area contributed by atoms with Crippen LogP contribution in [0.3, 0.4) is 0 Å². The normalized spacial score (nSPS) is 17.5. The largest absolute Gasteiger partial charge is 0.494 e. The van der Waals surface area contributed by atoms with E-state index < -0.39 is 0 Å². The van der Waals surface area contributed by atoms with Gasteiger partial charge in [0.05, 0.1) is 12.3 Å². The van der Waals surface area contributed by atoms with Crippen LogP contribution in [0.2, 0.25) is 0 Å². The predicted molar refractivity (Wildman–Crippen MR) is 58.9 cm³/mol. The van der Waals surface area contributed by atoms with E-state index >= 15 is 0 Å². The molecule has 0 atom stereocenters. The van der Waals surface area contributed by atoms with Crippen LogP contribution in [-0.4, -0.2) is 17.5 Å². The average molecular weight is 205 g/mol. The van der Waals surface area contributed by atoms with Gasteiger partial charge in [-0.25, -0.2) is 0 Å². The van der Waals surface area contributed by atoms with Crippen molar-refractivity contribution < 1.29 is 9.94 Å². The second kappa shape index (κ2) is 4.34. The Morgan fingerprint density at radius 3 is 3.00 bits per heavy atom. The standard InChI is InChI=1S/C12H15NO2/c1-2-15-12-8-4-5-9-10(12)6-3-7-11(9)13-14/h4-5,8,14H,2-3,6-7H2,1H3/b13-11+. The van der Waals surface area contributed by atoms with Crippen LogP contribution in [0.4, 0.5) is 0 Å². The molecule has 80 valence electrons. The van der Waals surface area contributed by atoms with Gasteiger partial charge in [-0.3, -0.25) is 0 Å². The minimum Gasteiger partial charge on any atom is -0.494 e. The molecule has 15 heavy (non-hydrogen) atoms. The van der Waals surface area contributed by atoms with Crippen LogP contribution in [0.15, 0.2) is 23.4 Å². The molecule has 1 aliphatic rings. The molecule has 0 fully saturated rings. The molecule has 3 nitrogen and oxygen atoms in total. The SMILES string of the molecule is CCOc1cccc2c1CCC/C2=N\O. The maximum absolute atomic E-state index is 8.91. The summed E-state index contributed by atoms with van der Waals surface area (Å²) in [4.78, 5) is 0. The van der Waals surface area contributed by atoms with Crippen molar-refractivity contribution >= 4 is 5.71 Å². The summed E-state index contributed by atoms with van der Waals surface area (Å²) < 4.78 is 5.56. The molecule has 1 aliphatic carbocycles. The third-order valence-corrected chi connectivity index (χ3v) is 2.70. The molecule has 0 amide bonds. The van der Waals surface area contributed by atoms with Gasteiger partial charge in [-0.2, -0.15) is 0 Å². The van der Waals surface area contributed by atoms with E-state index in [1.54, 1.807) is 0 Å². The lowest BCUT2D eigenvalue weighted by Gasteiger charge is -2.19. The first-order valence-corrected chi connectivity index (χ1v) is 5.32. The molecule has 2 rings (SSSR count). The number of hydrogen-bond donors (Lipinski definition) is 1. The topological polar surface area (TPSA) is 41.8 Å². The van der Waals surface area contributed by atoms with Gasteiger partial charge in [0.1, 0.15) is 5.75 Å². The van der Waals surface area contributed by atoms with Crippen molar-refractivity contribution in [3.63, 3.8) is 0 Å². The molecule has 0 saturated carbocycles. The van der Waals surface area contributed by atoms with Gasteiger partial charge in [-0.05, 0) is 32.3 Å². The van der Waals surface area contributed by atoms with Crippen LogP contribution in [0.25, 0.3) is 0 Å². The van der Waals surface area contributed by atoms with Crippen LogP contribution >= 0.6 is 0 Å². The quantitative estimate of drug-likeness (QED) is 0.595. The number of rotatable bonds is 2. The molecule has 1 aromatic carbocycles. The van der Waals surface area contributed by atoms with Crippen molar-refractivity contribution in [3.8, 4) is 5.75 Å². The first-order chi connectivity index (χ1) is 7.36. The van der Waals surface area contributed by atoms with Gasteiger partial charge in [-0.15, -0.1) is 0 Å². The third kappa shape index (κ3) is 1.82. The van der Waals surface area contributed by atoms with E-state index in [-0.39, 0.29) is 0 Å². The lowest BCUT2D eigenvalue weighted by atomic mass is 9.89. The summed E-state index contributed by atoms with van der Waals surface area (Å²) in [5, 5.41) is 12.3. The van der Waals surface area contributed by atoms with Gasteiger partial charge < -0.3 is 9.94 Å². The number of oxime groups is 1. The highest BCUT2D eigenvalue weighted by Gasteiger charge is 2.18. The second-order valence-electron chi connectivity index (χ2n) is 3.62. The Labute approximate surface area is 89.4 Å². The van der Waals surface area contributed by atoms with E-state index in [4.69, 9.17) is 9.94 Å². The van der Waals surface area contributed by atoms with Gasteiger partial charge in [0.25, 0.3) is 0 Å². The van der Waals surface area contributed by atoms with Gasteiger partial charge in [0, 0.05) is 11.1 Å². The molecule has 1 aromatic rings. The Morgan fingerprint density at radius 2 is 2.27 bits per heavy atom. The summed E-state index contributed by atoms with van der Waals surface area (Å²) >= 11 is 0. The van der Waals surface area contributed by atoms with Crippen molar-refractivity contribution in [2.24, 2.45) is 5.16 Å². The molecular formula is C12H15NO2. The molecule has 0 radical (unpaired) electrons. The lowest BCUT2D eigenvalue weighted by Crippen LogP contribution is -2.13. The zero-order chi connectivity index (χ0) is 10.7. The Hall–Kier alpha value is -1.51. The highest BCUT2D eigenvalue weighted by molar-refractivity contribution is 6.02. The molecule has 0 bridgehead atoms. The Kier molecular flexibility index (Phi) is 2.90. The highest BCUT2D eigenvalue weighted by Crippen LogP contribution is 2.29. The van der Waals surface area contributed by atoms with Crippen LogP contribution < -0.4 is 4.74 Å². The maximum Gasteiger partial charge on any atom is 0.123 e. The Morgan fingerprint density at radius 1 is 1.40 bits per heavy atom.